The highest BCUT2D eigenvalue weighted by Crippen LogP contribution is 2.41. The van der Waals surface area contributed by atoms with E-state index in [-0.39, 0.29) is 12.5 Å². The van der Waals surface area contributed by atoms with E-state index in [9.17, 15) is 14.4 Å². The van der Waals surface area contributed by atoms with Crippen LogP contribution in [-0.4, -0.2) is 43.7 Å². The van der Waals surface area contributed by atoms with Crippen LogP contribution in [0.5, 0.6) is 5.75 Å². The number of β-lactam (4-membered cyclic amide) rings is 1. The normalized spacial score (nSPS) is 19.9. The monoisotopic (exact) mass is 349 g/mol. The van der Waals surface area contributed by atoms with Gasteiger partial charge in [0.05, 0.1) is 25.2 Å². The second-order valence-electron chi connectivity index (χ2n) is 6.32. The van der Waals surface area contributed by atoms with Gasteiger partial charge in [-0.1, -0.05) is 0 Å². The van der Waals surface area contributed by atoms with Crippen LogP contribution in [0.25, 0.3) is 0 Å². The smallest absolute Gasteiger partial charge is 0.313 e. The van der Waals surface area contributed by atoms with Crippen molar-refractivity contribution in [2.24, 2.45) is 5.41 Å². The van der Waals surface area contributed by atoms with Crippen LogP contribution in [0.15, 0.2) is 24.3 Å². The van der Waals surface area contributed by atoms with E-state index in [2.05, 4.69) is 0 Å². The van der Waals surface area contributed by atoms with E-state index >= 15 is 0 Å². The van der Waals surface area contributed by atoms with E-state index in [1.54, 1.807) is 52.1 Å². The highest BCUT2D eigenvalue weighted by molar-refractivity contribution is 6.07. The average Bonchev–Trinajstić information content (AvgIpc) is 2.57. The Balaban J connectivity index is 2.37. The molecule has 1 heterocycles. The number of benzene rings is 1. The Kier molecular flexibility index (Phi) is 5.35. The second kappa shape index (κ2) is 7.13. The lowest BCUT2D eigenvalue weighted by Crippen LogP contribution is -2.72. The molecule has 1 aliphatic heterocycles. The Hall–Kier alpha value is -2.57. The summed E-state index contributed by atoms with van der Waals surface area (Å²) >= 11 is 0. The van der Waals surface area contributed by atoms with Crippen LogP contribution < -0.4 is 9.64 Å². The van der Waals surface area contributed by atoms with Crippen LogP contribution in [0, 0.1) is 5.41 Å². The summed E-state index contributed by atoms with van der Waals surface area (Å²) in [5.74, 6) is -0.752. The predicted molar refractivity (Wildman–Crippen MR) is 90.2 cm³/mol. The van der Waals surface area contributed by atoms with Crippen molar-refractivity contribution >= 4 is 23.5 Å². The third-order valence-corrected chi connectivity index (χ3v) is 4.23. The largest absolute Gasteiger partial charge is 0.497 e. The molecule has 1 aliphatic rings. The van der Waals surface area contributed by atoms with Gasteiger partial charge in [0, 0.05) is 12.6 Å². The fraction of sp³-hybridized carbons (Fsp3) is 0.500. The molecule has 25 heavy (non-hydrogen) atoms. The van der Waals surface area contributed by atoms with Crippen molar-refractivity contribution in [3.63, 3.8) is 0 Å². The zero-order valence-corrected chi connectivity index (χ0v) is 15.1. The molecule has 1 amide bonds. The summed E-state index contributed by atoms with van der Waals surface area (Å²) < 4.78 is 15.4. The first kappa shape index (κ1) is 18.8. The first-order valence-corrected chi connectivity index (χ1v) is 8.05. The quantitative estimate of drug-likeness (QED) is 0.576. The van der Waals surface area contributed by atoms with E-state index in [1.807, 2.05) is 0 Å². The Morgan fingerprint density at radius 3 is 2.28 bits per heavy atom. The number of amides is 1. The van der Waals surface area contributed by atoms with Crippen molar-refractivity contribution < 1.29 is 28.6 Å². The second-order valence-corrected chi connectivity index (χ2v) is 6.32. The van der Waals surface area contributed by atoms with Gasteiger partial charge >= 0.3 is 11.9 Å². The molecule has 0 spiro atoms. The van der Waals surface area contributed by atoms with Gasteiger partial charge < -0.3 is 19.1 Å². The third-order valence-electron chi connectivity index (χ3n) is 4.23. The molecule has 0 radical (unpaired) electrons. The molecule has 0 aliphatic carbocycles. The summed E-state index contributed by atoms with van der Waals surface area (Å²) in [5, 5.41) is 0. The molecule has 0 unspecified atom stereocenters. The van der Waals surface area contributed by atoms with Gasteiger partial charge in [-0.2, -0.15) is 0 Å². The van der Waals surface area contributed by atoms with Gasteiger partial charge in [0.1, 0.15) is 5.75 Å². The molecule has 1 saturated heterocycles. The minimum absolute atomic E-state index is 0.226. The number of methoxy groups -OCH3 is 1. The number of anilines is 1. The zero-order chi connectivity index (χ0) is 18.8. The average molecular weight is 349 g/mol. The summed E-state index contributed by atoms with van der Waals surface area (Å²) in [7, 11) is 1.55. The number of carbonyl (C=O) groups excluding carboxylic acids is 3. The van der Waals surface area contributed by atoms with Gasteiger partial charge in [-0.05, 0) is 45.0 Å². The van der Waals surface area contributed by atoms with Crippen molar-refractivity contribution in [2.45, 2.75) is 39.8 Å². The third kappa shape index (κ3) is 3.45. The Morgan fingerprint density at radius 1 is 1.20 bits per heavy atom. The number of ether oxygens (including phenoxy) is 3. The van der Waals surface area contributed by atoms with E-state index in [0.29, 0.717) is 11.4 Å². The van der Waals surface area contributed by atoms with Crippen LogP contribution in [-0.2, 0) is 23.9 Å². The standard InChI is InChI=1S/C18H23NO6/c1-6-24-17(22)18(3,4)15-14(25-11(2)20)16(21)19(15)12-7-9-13(23-5)10-8-12/h7-10,14-15H,6H2,1-5H3/t14-,15-/m1/s1. The molecule has 1 aromatic rings. The number of hydrogen-bond acceptors (Lipinski definition) is 6. The first-order chi connectivity index (χ1) is 11.7. The lowest BCUT2D eigenvalue weighted by molar-refractivity contribution is -0.172. The molecule has 0 N–H and O–H groups in total. The van der Waals surface area contributed by atoms with Crippen LogP contribution in [0.4, 0.5) is 5.69 Å². The van der Waals surface area contributed by atoms with Crippen molar-refractivity contribution in [2.75, 3.05) is 18.6 Å². The number of rotatable bonds is 6. The predicted octanol–water partition coefficient (Wildman–Crippen LogP) is 1.93. The molecular formula is C18H23NO6. The molecule has 136 valence electrons. The van der Waals surface area contributed by atoms with Crippen molar-refractivity contribution in [3.05, 3.63) is 24.3 Å². The van der Waals surface area contributed by atoms with Gasteiger partial charge in [-0.25, -0.2) is 0 Å². The van der Waals surface area contributed by atoms with E-state index in [0.717, 1.165) is 0 Å². The maximum atomic E-state index is 12.6. The number of hydrogen-bond donors (Lipinski definition) is 0. The van der Waals surface area contributed by atoms with Gasteiger partial charge in [-0.3, -0.25) is 14.4 Å². The molecule has 1 fully saturated rings. The van der Waals surface area contributed by atoms with Crippen molar-refractivity contribution in [1.82, 2.24) is 0 Å². The molecule has 0 saturated carbocycles. The minimum atomic E-state index is -1.05. The van der Waals surface area contributed by atoms with Crippen molar-refractivity contribution in [3.8, 4) is 5.75 Å². The highest BCUT2D eigenvalue weighted by Gasteiger charge is 2.60. The van der Waals surface area contributed by atoms with Gasteiger partial charge in [0.15, 0.2) is 0 Å². The molecular weight excluding hydrogens is 326 g/mol. The van der Waals surface area contributed by atoms with E-state index < -0.39 is 29.5 Å². The maximum absolute atomic E-state index is 12.6. The summed E-state index contributed by atoms with van der Waals surface area (Å²) in [6.07, 6.45) is -1.01. The summed E-state index contributed by atoms with van der Waals surface area (Å²) in [4.78, 5) is 37.8. The summed E-state index contributed by atoms with van der Waals surface area (Å²) in [6, 6.07) is 6.22. The minimum Gasteiger partial charge on any atom is -0.497 e. The molecule has 0 aromatic heterocycles. The number of carbonyl (C=O) groups is 3. The van der Waals surface area contributed by atoms with Gasteiger partial charge in [0.2, 0.25) is 6.10 Å². The molecule has 2 rings (SSSR count). The Bertz CT molecular complexity index is 667. The molecule has 2 atom stereocenters. The topological polar surface area (TPSA) is 82.1 Å². The summed E-state index contributed by atoms with van der Waals surface area (Å²) in [5.41, 5.74) is -0.458. The summed E-state index contributed by atoms with van der Waals surface area (Å²) in [6.45, 7) is 6.52. The maximum Gasteiger partial charge on any atom is 0.313 e. The van der Waals surface area contributed by atoms with Crippen LogP contribution >= 0.6 is 0 Å². The fourth-order valence-corrected chi connectivity index (χ4v) is 2.93. The molecule has 1 aromatic carbocycles. The van der Waals surface area contributed by atoms with Crippen LogP contribution in [0.3, 0.4) is 0 Å². The van der Waals surface area contributed by atoms with E-state index in [4.69, 9.17) is 14.2 Å². The van der Waals surface area contributed by atoms with Crippen LogP contribution in [0.1, 0.15) is 27.7 Å². The Morgan fingerprint density at radius 2 is 1.80 bits per heavy atom. The SMILES string of the molecule is CCOC(=O)C(C)(C)[C@H]1[C@@H](OC(C)=O)C(=O)N1c1ccc(OC)cc1. The van der Waals surface area contributed by atoms with E-state index in [1.165, 1.54) is 11.8 Å². The lowest BCUT2D eigenvalue weighted by atomic mass is 9.74. The number of nitrogens with zero attached hydrogens (tertiary/aromatic N) is 1. The number of esters is 2. The fourth-order valence-electron chi connectivity index (χ4n) is 2.93. The molecule has 7 nitrogen and oxygen atoms in total. The first-order valence-electron chi connectivity index (χ1n) is 8.05. The molecule has 0 bridgehead atoms. The lowest BCUT2D eigenvalue weighted by Gasteiger charge is -2.51. The van der Waals surface area contributed by atoms with Gasteiger partial charge in [-0.15, -0.1) is 0 Å². The zero-order valence-electron chi connectivity index (χ0n) is 15.1. The van der Waals surface area contributed by atoms with Gasteiger partial charge in [0.25, 0.3) is 5.91 Å². The Labute approximate surface area is 146 Å². The van der Waals surface area contributed by atoms with Crippen LogP contribution in [0.2, 0.25) is 0 Å². The van der Waals surface area contributed by atoms with Crippen molar-refractivity contribution in [1.29, 1.82) is 0 Å². The molecule has 7 heteroatoms. The highest BCUT2D eigenvalue weighted by atomic mass is 16.6.